The number of nitrogens with zero attached hydrogens (tertiary/aromatic N) is 2. The Morgan fingerprint density at radius 2 is 2.11 bits per heavy atom. The molecule has 1 aliphatic heterocycles. The lowest BCUT2D eigenvalue weighted by atomic mass is 10.0. The molecule has 10 heteroatoms. The number of amides is 2. The Morgan fingerprint density at radius 1 is 1.32 bits per heavy atom. The van der Waals surface area contributed by atoms with Crippen LogP contribution in [0, 0.1) is 5.82 Å². The average molecular weight is 406 g/mol. The van der Waals surface area contributed by atoms with Crippen molar-refractivity contribution in [2.75, 3.05) is 12.4 Å². The Hall–Kier alpha value is -2.88. The highest BCUT2D eigenvalue weighted by Crippen LogP contribution is 2.27. The number of carbonyl (C=O) groups excluding carboxylic acids is 2. The van der Waals surface area contributed by atoms with Gasteiger partial charge in [-0.05, 0) is 25.5 Å². The van der Waals surface area contributed by atoms with Gasteiger partial charge < -0.3 is 19.8 Å². The summed E-state index contributed by atoms with van der Waals surface area (Å²) >= 11 is 1.13. The van der Waals surface area contributed by atoms with Crippen molar-refractivity contribution >= 4 is 23.8 Å². The van der Waals surface area contributed by atoms with E-state index in [1.165, 1.54) is 12.1 Å². The van der Waals surface area contributed by atoms with Crippen LogP contribution >= 0.6 is 11.8 Å². The molecule has 2 heterocycles. The van der Waals surface area contributed by atoms with E-state index in [9.17, 15) is 14.0 Å². The topological polar surface area (TPSA) is 106 Å². The second kappa shape index (κ2) is 8.87. The molecule has 3 rings (SSSR count). The highest BCUT2D eigenvalue weighted by Gasteiger charge is 2.31. The number of esters is 1. The molecule has 1 aliphatic rings. The zero-order valence-corrected chi connectivity index (χ0v) is 16.1. The number of halogens is 1. The molecule has 0 fully saturated rings. The first-order valence-electron chi connectivity index (χ1n) is 8.72. The first-order chi connectivity index (χ1) is 13.5. The molecular formula is C18H19FN4O4S. The number of urea groups is 1. The molecule has 2 aromatic rings. The summed E-state index contributed by atoms with van der Waals surface area (Å²) in [5.41, 5.74) is 0.990. The van der Waals surface area contributed by atoms with Crippen LogP contribution in [0.5, 0.6) is 0 Å². The van der Waals surface area contributed by atoms with Crippen LogP contribution in [0.15, 0.2) is 45.2 Å². The lowest BCUT2D eigenvalue weighted by Gasteiger charge is -2.28. The number of ether oxygens (including phenoxy) is 1. The maximum atomic E-state index is 13.9. The molecule has 0 unspecified atom stereocenters. The van der Waals surface area contributed by atoms with Crippen molar-refractivity contribution < 1.29 is 23.1 Å². The van der Waals surface area contributed by atoms with E-state index < -0.39 is 23.9 Å². The summed E-state index contributed by atoms with van der Waals surface area (Å²) in [5, 5.41) is 13.3. The zero-order valence-electron chi connectivity index (χ0n) is 15.3. The first kappa shape index (κ1) is 19.9. The van der Waals surface area contributed by atoms with Crippen LogP contribution in [0.4, 0.5) is 9.18 Å². The first-order valence-corrected chi connectivity index (χ1v) is 9.70. The molecule has 0 spiro atoms. The van der Waals surface area contributed by atoms with Gasteiger partial charge >= 0.3 is 12.0 Å². The number of rotatable bonds is 7. The third-order valence-electron chi connectivity index (χ3n) is 4.00. The second-order valence-corrected chi connectivity index (χ2v) is 6.74. The van der Waals surface area contributed by atoms with Crippen molar-refractivity contribution in [3.8, 4) is 11.5 Å². The summed E-state index contributed by atoms with van der Waals surface area (Å²) in [4.78, 5) is 24.2. The van der Waals surface area contributed by atoms with Crippen LogP contribution in [0.2, 0.25) is 0 Å². The Balaban J connectivity index is 1.80. The average Bonchev–Trinajstić information content (AvgIpc) is 3.15. The second-order valence-electron chi connectivity index (χ2n) is 5.81. The molecule has 0 saturated heterocycles. The fourth-order valence-corrected chi connectivity index (χ4v) is 3.45. The predicted octanol–water partition coefficient (Wildman–Crippen LogP) is 2.88. The maximum Gasteiger partial charge on any atom is 0.337 e. The molecule has 1 aromatic heterocycles. The van der Waals surface area contributed by atoms with Gasteiger partial charge in [-0.1, -0.05) is 30.8 Å². The Morgan fingerprint density at radius 3 is 2.82 bits per heavy atom. The molecule has 2 amide bonds. The van der Waals surface area contributed by atoms with Gasteiger partial charge in [0.25, 0.3) is 11.1 Å². The number of nitrogens with one attached hydrogen (secondary N) is 2. The SMILES string of the molecule is CCOC(=O)C1=C(CSc2nnc(-c3ccccc3F)o2)NC(=O)N[C@H]1CC. The Bertz CT molecular complexity index is 914. The molecule has 0 saturated carbocycles. The molecule has 148 valence electrons. The number of aromatic nitrogens is 2. The third-order valence-corrected chi connectivity index (χ3v) is 4.84. The van der Waals surface area contributed by atoms with Crippen LogP contribution < -0.4 is 10.6 Å². The normalized spacial score (nSPS) is 16.5. The van der Waals surface area contributed by atoms with E-state index in [0.717, 1.165) is 11.8 Å². The predicted molar refractivity (Wildman–Crippen MR) is 99.8 cm³/mol. The van der Waals surface area contributed by atoms with E-state index in [4.69, 9.17) is 9.15 Å². The van der Waals surface area contributed by atoms with Crippen LogP contribution in [-0.4, -0.2) is 40.6 Å². The minimum absolute atomic E-state index is 0.0565. The highest BCUT2D eigenvalue weighted by molar-refractivity contribution is 7.99. The number of hydrogen-bond donors (Lipinski definition) is 2. The summed E-state index contributed by atoms with van der Waals surface area (Å²) in [5.74, 6) is -0.695. The van der Waals surface area contributed by atoms with E-state index in [1.807, 2.05) is 6.92 Å². The highest BCUT2D eigenvalue weighted by atomic mass is 32.2. The lowest BCUT2D eigenvalue weighted by molar-refractivity contribution is -0.139. The Kier molecular flexibility index (Phi) is 6.30. The van der Waals surface area contributed by atoms with Gasteiger partial charge in [-0.15, -0.1) is 10.2 Å². The summed E-state index contributed by atoms with van der Waals surface area (Å²) < 4.78 is 24.5. The quantitative estimate of drug-likeness (QED) is 0.538. The van der Waals surface area contributed by atoms with E-state index in [-0.39, 0.29) is 29.0 Å². The van der Waals surface area contributed by atoms with Crippen molar-refractivity contribution in [3.63, 3.8) is 0 Å². The number of carbonyl (C=O) groups is 2. The van der Waals surface area contributed by atoms with Crippen LogP contribution in [0.3, 0.4) is 0 Å². The molecule has 8 nitrogen and oxygen atoms in total. The van der Waals surface area contributed by atoms with E-state index >= 15 is 0 Å². The van der Waals surface area contributed by atoms with E-state index in [2.05, 4.69) is 20.8 Å². The molecule has 0 aliphatic carbocycles. The van der Waals surface area contributed by atoms with Crippen molar-refractivity contribution in [2.24, 2.45) is 0 Å². The van der Waals surface area contributed by atoms with Crippen LogP contribution in [0.25, 0.3) is 11.5 Å². The molecule has 2 N–H and O–H groups in total. The molecule has 0 radical (unpaired) electrons. The van der Waals surface area contributed by atoms with Gasteiger partial charge in [0.1, 0.15) is 5.82 Å². The van der Waals surface area contributed by atoms with Gasteiger partial charge in [-0.2, -0.15) is 0 Å². The number of thioether (sulfide) groups is 1. The maximum absolute atomic E-state index is 13.9. The summed E-state index contributed by atoms with van der Waals surface area (Å²) in [6.07, 6.45) is 0.535. The van der Waals surface area contributed by atoms with Crippen molar-refractivity contribution in [2.45, 2.75) is 31.5 Å². The minimum Gasteiger partial charge on any atom is -0.463 e. The summed E-state index contributed by atoms with van der Waals surface area (Å²) in [6.45, 7) is 3.80. The largest absolute Gasteiger partial charge is 0.463 e. The molecule has 1 aromatic carbocycles. The van der Waals surface area contributed by atoms with E-state index in [1.54, 1.807) is 19.1 Å². The number of benzene rings is 1. The molecule has 28 heavy (non-hydrogen) atoms. The fraction of sp³-hybridized carbons (Fsp3) is 0.333. The van der Waals surface area contributed by atoms with Gasteiger partial charge in [0.15, 0.2) is 0 Å². The molecular weight excluding hydrogens is 387 g/mol. The zero-order chi connectivity index (χ0) is 20.1. The van der Waals surface area contributed by atoms with Crippen molar-refractivity contribution in [3.05, 3.63) is 41.4 Å². The van der Waals surface area contributed by atoms with Gasteiger partial charge in [0.2, 0.25) is 0 Å². The Labute approximate surface area is 164 Å². The summed E-state index contributed by atoms with van der Waals surface area (Å²) in [6, 6.07) is 5.24. The van der Waals surface area contributed by atoms with Gasteiger partial charge in [0.05, 0.1) is 23.8 Å². The molecule has 0 bridgehead atoms. The van der Waals surface area contributed by atoms with Gasteiger partial charge in [0, 0.05) is 11.4 Å². The lowest BCUT2D eigenvalue weighted by Crippen LogP contribution is -2.50. The monoisotopic (exact) mass is 406 g/mol. The molecule has 1 atom stereocenters. The fourth-order valence-electron chi connectivity index (χ4n) is 2.72. The third kappa shape index (κ3) is 4.33. The minimum atomic E-state index is -0.491. The van der Waals surface area contributed by atoms with Gasteiger partial charge in [-0.25, -0.2) is 14.0 Å². The van der Waals surface area contributed by atoms with Crippen molar-refractivity contribution in [1.29, 1.82) is 0 Å². The van der Waals surface area contributed by atoms with Gasteiger partial charge in [-0.3, -0.25) is 0 Å². The smallest absolute Gasteiger partial charge is 0.337 e. The van der Waals surface area contributed by atoms with Crippen molar-refractivity contribution in [1.82, 2.24) is 20.8 Å². The van der Waals surface area contributed by atoms with Crippen LogP contribution in [0.1, 0.15) is 20.3 Å². The standard InChI is InChI=1S/C18H19FN4O4S/c1-3-12-14(16(24)26-4-2)13(21-17(25)20-12)9-28-18-23-22-15(27-18)10-7-5-6-8-11(10)19/h5-8,12H,3-4,9H2,1-2H3,(H2,20,21,25)/t12-/m0/s1. The summed E-state index contributed by atoms with van der Waals surface area (Å²) in [7, 11) is 0. The number of hydrogen-bond acceptors (Lipinski definition) is 7. The van der Waals surface area contributed by atoms with Crippen LogP contribution in [-0.2, 0) is 9.53 Å². The van der Waals surface area contributed by atoms with E-state index in [0.29, 0.717) is 17.7 Å².